The highest BCUT2D eigenvalue weighted by Gasteiger charge is 2.57. The van der Waals surface area contributed by atoms with Crippen LogP contribution in [-0.4, -0.2) is 112 Å². The van der Waals surface area contributed by atoms with Crippen LogP contribution in [0.25, 0.3) is 0 Å². The maximum atomic E-state index is 15.1. The van der Waals surface area contributed by atoms with Crippen molar-refractivity contribution in [3.8, 4) is 0 Å². The molecule has 6 atom stereocenters. The first-order chi connectivity index (χ1) is 25.7. The van der Waals surface area contributed by atoms with Gasteiger partial charge in [0.05, 0.1) is 19.1 Å². The van der Waals surface area contributed by atoms with E-state index in [1.54, 1.807) is 27.7 Å². The molecule has 15 N–H and O–H groups in total. The molecule has 0 bridgehead atoms. The van der Waals surface area contributed by atoms with Gasteiger partial charge in [0, 0.05) is 13.0 Å². The van der Waals surface area contributed by atoms with E-state index >= 15 is 4.79 Å². The number of hydrogen-bond donors (Lipinski definition) is 10. The van der Waals surface area contributed by atoms with Gasteiger partial charge in [-0.05, 0) is 56.0 Å². The van der Waals surface area contributed by atoms with Crippen LogP contribution in [0.1, 0.15) is 71.8 Å². The summed E-state index contributed by atoms with van der Waals surface area (Å²) in [4.78, 5) is 108. The quantitative estimate of drug-likeness (QED) is 0.0383. The molecule has 7 amide bonds. The van der Waals surface area contributed by atoms with Crippen LogP contribution < -0.4 is 49.9 Å². The number of carbonyl (C=O) groups is 8. The molecule has 0 aromatic heterocycles. The van der Waals surface area contributed by atoms with E-state index in [9.17, 15) is 38.7 Å². The second kappa shape index (κ2) is 20.6. The van der Waals surface area contributed by atoms with Crippen LogP contribution in [0.2, 0.25) is 0 Å². The average Bonchev–Trinajstić information content (AvgIpc) is 3.63. The van der Waals surface area contributed by atoms with Crippen molar-refractivity contribution in [1.29, 1.82) is 0 Å². The first kappa shape index (κ1) is 46.2. The molecule has 55 heavy (non-hydrogen) atoms. The van der Waals surface area contributed by atoms with Gasteiger partial charge in [0.15, 0.2) is 17.0 Å². The number of Topliss-reactive ketones (excluding diaryl/α,β-unsaturated/α-hetero) is 1. The number of hydrogen-bond acceptors (Lipinski definition) is 12. The molecule has 2 rings (SSSR count). The summed E-state index contributed by atoms with van der Waals surface area (Å²) in [6.07, 6.45) is -0.636. The van der Waals surface area contributed by atoms with Crippen LogP contribution in [0.15, 0.2) is 30.3 Å². The molecule has 1 heterocycles. The van der Waals surface area contributed by atoms with Gasteiger partial charge in [0.1, 0.15) is 18.1 Å². The molecule has 1 aromatic carbocycles. The van der Waals surface area contributed by atoms with Crippen LogP contribution >= 0.6 is 0 Å². The second-order valence-electron chi connectivity index (χ2n) is 14.5. The molecular weight excluding hydrogens is 716 g/mol. The summed E-state index contributed by atoms with van der Waals surface area (Å²) >= 11 is 0. The average molecular weight is 775 g/mol. The van der Waals surface area contributed by atoms with Gasteiger partial charge in [-0.25, -0.2) is 0 Å². The standard InChI is InChI=1S/C36H58N10O9/c1-20(2)28(30(40)51)45-33(54)36(41,21(3)4)46(17-8-12-22-10-6-5-7-11-22)34(55)35(15-9-16-42-35)29(50)25(18-27(39)49)44-32(53)24(13-14-26(38)48)43-31(52)23(37)19-47/h5-7,10-11,20-21,23-25,28,42,47H,8-9,12-19,37,41H2,1-4H3,(H2,38,48)(H2,39,49)(H2,40,51)(H,43,52)(H,44,53)(H,45,54)/t23-,24-,25-,28-,35+,36-/m0/s1. The number of amides is 7. The van der Waals surface area contributed by atoms with Gasteiger partial charge in [0.25, 0.3) is 11.8 Å². The van der Waals surface area contributed by atoms with Gasteiger partial charge in [-0.1, -0.05) is 58.0 Å². The summed E-state index contributed by atoms with van der Waals surface area (Å²) in [6.45, 7) is 5.76. The zero-order valence-corrected chi connectivity index (χ0v) is 32.0. The number of aryl methyl sites for hydroxylation is 1. The van der Waals surface area contributed by atoms with E-state index in [1.807, 2.05) is 30.3 Å². The molecule has 0 unspecified atom stereocenters. The predicted octanol–water partition coefficient (Wildman–Crippen LogP) is -3.49. The van der Waals surface area contributed by atoms with Crippen LogP contribution in [0.3, 0.4) is 0 Å². The third-order valence-electron chi connectivity index (χ3n) is 9.71. The monoisotopic (exact) mass is 774 g/mol. The molecule has 19 heteroatoms. The lowest BCUT2D eigenvalue weighted by Crippen LogP contribution is -2.76. The molecule has 0 saturated carbocycles. The smallest absolute Gasteiger partial charge is 0.261 e. The molecule has 19 nitrogen and oxygen atoms in total. The predicted molar refractivity (Wildman–Crippen MR) is 200 cm³/mol. The van der Waals surface area contributed by atoms with Crippen molar-refractivity contribution in [2.45, 2.75) is 108 Å². The lowest BCUT2D eigenvalue weighted by molar-refractivity contribution is -0.159. The van der Waals surface area contributed by atoms with Gasteiger partial charge in [-0.15, -0.1) is 0 Å². The van der Waals surface area contributed by atoms with E-state index < -0.39 is 107 Å². The van der Waals surface area contributed by atoms with Crippen molar-refractivity contribution in [3.05, 3.63) is 35.9 Å². The topological polar surface area (TPSA) is 338 Å². The zero-order chi connectivity index (χ0) is 41.7. The molecule has 1 aliphatic rings. The molecule has 0 radical (unpaired) electrons. The van der Waals surface area contributed by atoms with Crippen molar-refractivity contribution in [1.82, 2.24) is 26.2 Å². The van der Waals surface area contributed by atoms with Crippen molar-refractivity contribution in [3.63, 3.8) is 0 Å². The highest BCUT2D eigenvalue weighted by atomic mass is 16.3. The Labute approximate surface area is 320 Å². The Morgan fingerprint density at radius 3 is 2.02 bits per heavy atom. The highest BCUT2D eigenvalue weighted by Crippen LogP contribution is 2.31. The van der Waals surface area contributed by atoms with Crippen molar-refractivity contribution in [2.75, 3.05) is 19.7 Å². The minimum Gasteiger partial charge on any atom is -0.394 e. The maximum absolute atomic E-state index is 15.1. The Bertz CT molecular complexity index is 1550. The normalized spacial score (nSPS) is 18.6. The fourth-order valence-corrected chi connectivity index (χ4v) is 6.43. The molecule has 306 valence electrons. The number of nitrogens with zero attached hydrogens (tertiary/aromatic N) is 1. The minimum absolute atomic E-state index is 0.135. The Morgan fingerprint density at radius 1 is 0.909 bits per heavy atom. The number of nitrogens with two attached hydrogens (primary N) is 5. The first-order valence-electron chi connectivity index (χ1n) is 18.3. The summed E-state index contributed by atoms with van der Waals surface area (Å²) in [6, 6.07) is 3.44. The largest absolute Gasteiger partial charge is 0.394 e. The Hall–Kier alpha value is -4.98. The molecule has 1 fully saturated rings. The highest BCUT2D eigenvalue weighted by molar-refractivity contribution is 6.15. The molecular formula is C36H58N10O9. The number of primary amides is 3. The van der Waals surface area contributed by atoms with Crippen LogP contribution in [-0.2, 0) is 44.8 Å². The van der Waals surface area contributed by atoms with Gasteiger partial charge in [0.2, 0.25) is 29.5 Å². The van der Waals surface area contributed by atoms with Gasteiger partial charge in [-0.3, -0.25) is 43.7 Å². The van der Waals surface area contributed by atoms with E-state index in [2.05, 4.69) is 21.3 Å². The Balaban J connectivity index is 2.67. The molecule has 1 aliphatic heterocycles. The number of ketones is 1. The number of carbonyl (C=O) groups excluding carboxylic acids is 8. The van der Waals surface area contributed by atoms with E-state index in [-0.39, 0.29) is 45.2 Å². The lowest BCUT2D eigenvalue weighted by atomic mass is 9.82. The molecule has 1 aromatic rings. The SMILES string of the molecule is CC(C)[C@H](NC(=O)[C@](N)(C(C)C)N(CCCc1ccccc1)C(=O)[C@]1(C(=O)[C@H](CC(N)=O)NC(=O)[C@H](CCC(N)=O)NC(=O)[C@@H](N)CO)CCCN1)C(N)=O. The minimum atomic E-state index is -2.16. The number of benzene rings is 1. The van der Waals surface area contributed by atoms with Crippen LogP contribution in [0.4, 0.5) is 0 Å². The molecule has 1 saturated heterocycles. The fraction of sp³-hybridized carbons (Fsp3) is 0.611. The van der Waals surface area contributed by atoms with E-state index in [0.717, 1.165) is 10.5 Å². The van der Waals surface area contributed by atoms with E-state index in [1.165, 1.54) is 0 Å². The molecule has 0 spiro atoms. The van der Waals surface area contributed by atoms with Crippen molar-refractivity contribution >= 4 is 47.1 Å². The second-order valence-corrected chi connectivity index (χ2v) is 14.5. The van der Waals surface area contributed by atoms with Gasteiger partial charge >= 0.3 is 0 Å². The first-order valence-corrected chi connectivity index (χ1v) is 18.3. The third-order valence-corrected chi connectivity index (χ3v) is 9.71. The number of rotatable bonds is 23. The summed E-state index contributed by atoms with van der Waals surface area (Å²) in [5.74, 6) is -8.72. The third kappa shape index (κ3) is 12.0. The fourth-order valence-electron chi connectivity index (χ4n) is 6.43. The zero-order valence-electron chi connectivity index (χ0n) is 32.0. The van der Waals surface area contributed by atoms with E-state index in [0.29, 0.717) is 6.42 Å². The van der Waals surface area contributed by atoms with Crippen molar-refractivity contribution in [2.24, 2.45) is 40.5 Å². The van der Waals surface area contributed by atoms with Crippen LogP contribution in [0.5, 0.6) is 0 Å². The van der Waals surface area contributed by atoms with Crippen molar-refractivity contribution < 1.29 is 43.5 Å². The summed E-state index contributed by atoms with van der Waals surface area (Å²) < 4.78 is 0. The Morgan fingerprint density at radius 2 is 1.53 bits per heavy atom. The summed E-state index contributed by atoms with van der Waals surface area (Å²) in [5.41, 5.74) is 25.5. The summed E-state index contributed by atoms with van der Waals surface area (Å²) in [5, 5.41) is 19.6. The van der Waals surface area contributed by atoms with Gasteiger partial charge in [-0.2, -0.15) is 0 Å². The van der Waals surface area contributed by atoms with E-state index in [4.69, 9.17) is 28.7 Å². The lowest BCUT2D eigenvalue weighted by Gasteiger charge is -2.46. The Kier molecular flexibility index (Phi) is 17.3. The molecule has 0 aliphatic carbocycles. The maximum Gasteiger partial charge on any atom is 0.261 e. The number of nitrogens with one attached hydrogen (secondary N) is 4. The summed E-state index contributed by atoms with van der Waals surface area (Å²) in [7, 11) is 0. The number of aliphatic hydroxyl groups excluding tert-OH is 1. The number of aliphatic hydroxyl groups is 1. The van der Waals surface area contributed by atoms with Gasteiger partial charge < -0.3 is 54.6 Å². The van der Waals surface area contributed by atoms with Crippen LogP contribution in [0, 0.1) is 11.8 Å².